The molecule has 0 radical (unpaired) electrons. The van der Waals surface area contributed by atoms with Crippen LogP contribution in [0.4, 0.5) is 17.6 Å². The minimum absolute atomic E-state index is 0.0596. The summed E-state index contributed by atoms with van der Waals surface area (Å²) in [6.07, 6.45) is -1.29. The SMILES string of the molecule is CC(C)(C)NC(=O)CN[C@H]1CC[C@@H](CNC(=O)c2cc(CF)cc(C(F)(F)F)c2)CC1. The van der Waals surface area contributed by atoms with Crippen molar-refractivity contribution in [2.75, 3.05) is 13.1 Å². The molecule has 0 heterocycles. The van der Waals surface area contributed by atoms with Crippen LogP contribution in [0.2, 0.25) is 0 Å². The summed E-state index contributed by atoms with van der Waals surface area (Å²) in [6, 6.07) is 2.83. The lowest BCUT2D eigenvalue weighted by atomic mass is 9.86. The van der Waals surface area contributed by atoms with Gasteiger partial charge in [-0.3, -0.25) is 9.59 Å². The Hall–Kier alpha value is -2.16. The smallest absolute Gasteiger partial charge is 0.352 e. The molecule has 9 heteroatoms. The molecule has 0 saturated heterocycles. The van der Waals surface area contributed by atoms with E-state index < -0.39 is 24.3 Å². The predicted molar refractivity (Wildman–Crippen MR) is 110 cm³/mol. The van der Waals surface area contributed by atoms with Gasteiger partial charge in [-0.1, -0.05) is 0 Å². The molecule has 3 N–H and O–H groups in total. The van der Waals surface area contributed by atoms with E-state index in [0.29, 0.717) is 12.6 Å². The fourth-order valence-electron chi connectivity index (χ4n) is 3.67. The number of alkyl halides is 4. The Morgan fingerprint density at radius 2 is 1.68 bits per heavy atom. The molecule has 0 atom stereocenters. The largest absolute Gasteiger partial charge is 0.416 e. The highest BCUT2D eigenvalue weighted by molar-refractivity contribution is 5.94. The number of amides is 2. The Bertz CT molecular complexity index is 767. The molecular weight excluding hydrogens is 414 g/mol. The second-order valence-corrected chi connectivity index (χ2v) is 9.16. The van der Waals surface area contributed by atoms with Gasteiger partial charge < -0.3 is 16.0 Å². The number of halogens is 4. The van der Waals surface area contributed by atoms with Crippen molar-refractivity contribution in [3.63, 3.8) is 0 Å². The Morgan fingerprint density at radius 3 is 2.23 bits per heavy atom. The first-order valence-electron chi connectivity index (χ1n) is 10.5. The lowest BCUT2D eigenvalue weighted by Crippen LogP contribution is -2.47. The van der Waals surface area contributed by atoms with E-state index in [1.165, 1.54) is 0 Å². The van der Waals surface area contributed by atoms with Crippen molar-refractivity contribution in [2.45, 2.75) is 70.9 Å². The van der Waals surface area contributed by atoms with Crippen molar-refractivity contribution in [1.82, 2.24) is 16.0 Å². The van der Waals surface area contributed by atoms with Crippen molar-refractivity contribution in [3.05, 3.63) is 34.9 Å². The molecule has 1 fully saturated rings. The Labute approximate surface area is 180 Å². The Kier molecular flexibility index (Phi) is 8.45. The highest BCUT2D eigenvalue weighted by atomic mass is 19.4. The lowest BCUT2D eigenvalue weighted by Gasteiger charge is -2.29. The minimum Gasteiger partial charge on any atom is -0.352 e. The van der Waals surface area contributed by atoms with Crippen LogP contribution in [0, 0.1) is 5.92 Å². The topological polar surface area (TPSA) is 70.2 Å². The maximum atomic E-state index is 13.0. The zero-order valence-electron chi connectivity index (χ0n) is 18.2. The molecule has 0 aromatic heterocycles. The molecule has 1 aliphatic rings. The van der Waals surface area contributed by atoms with Crippen LogP contribution >= 0.6 is 0 Å². The van der Waals surface area contributed by atoms with Gasteiger partial charge in [-0.05, 0) is 76.1 Å². The fourth-order valence-corrected chi connectivity index (χ4v) is 3.67. The van der Waals surface area contributed by atoms with Gasteiger partial charge in [-0.25, -0.2) is 4.39 Å². The molecule has 1 saturated carbocycles. The molecule has 174 valence electrons. The quantitative estimate of drug-likeness (QED) is 0.557. The minimum atomic E-state index is -4.64. The van der Waals surface area contributed by atoms with Crippen LogP contribution in [0.25, 0.3) is 0 Å². The van der Waals surface area contributed by atoms with Crippen molar-refractivity contribution < 1.29 is 27.2 Å². The van der Waals surface area contributed by atoms with Gasteiger partial charge in [0.1, 0.15) is 6.67 Å². The van der Waals surface area contributed by atoms with Gasteiger partial charge in [0.05, 0.1) is 12.1 Å². The fraction of sp³-hybridized carbons (Fsp3) is 0.636. The highest BCUT2D eigenvalue weighted by Gasteiger charge is 2.32. The van der Waals surface area contributed by atoms with Crippen molar-refractivity contribution in [3.8, 4) is 0 Å². The summed E-state index contributed by atoms with van der Waals surface area (Å²) in [5.74, 6) is -0.493. The molecule has 0 spiro atoms. The summed E-state index contributed by atoms with van der Waals surface area (Å²) in [5.41, 5.74) is -1.68. The van der Waals surface area contributed by atoms with Gasteiger partial charge in [0.15, 0.2) is 0 Å². The lowest BCUT2D eigenvalue weighted by molar-refractivity contribution is -0.137. The first-order chi connectivity index (χ1) is 14.4. The number of hydrogen-bond acceptors (Lipinski definition) is 3. The number of nitrogens with one attached hydrogen (secondary N) is 3. The third-order valence-electron chi connectivity index (χ3n) is 5.20. The summed E-state index contributed by atoms with van der Waals surface area (Å²) < 4.78 is 51.8. The maximum Gasteiger partial charge on any atom is 0.416 e. The van der Waals surface area contributed by atoms with Crippen LogP contribution in [-0.4, -0.2) is 36.5 Å². The van der Waals surface area contributed by atoms with Gasteiger partial charge in [0.25, 0.3) is 5.91 Å². The molecule has 1 aliphatic carbocycles. The number of carbonyl (C=O) groups excluding carboxylic acids is 2. The molecule has 0 aliphatic heterocycles. The second kappa shape index (κ2) is 10.4. The van der Waals surface area contributed by atoms with Gasteiger partial charge in [-0.15, -0.1) is 0 Å². The monoisotopic (exact) mass is 445 g/mol. The van der Waals surface area contributed by atoms with Crippen LogP contribution in [0.15, 0.2) is 18.2 Å². The van der Waals surface area contributed by atoms with E-state index in [1.54, 1.807) is 0 Å². The number of rotatable bonds is 7. The zero-order valence-corrected chi connectivity index (χ0v) is 18.2. The summed E-state index contributed by atoms with van der Waals surface area (Å²) >= 11 is 0. The summed E-state index contributed by atoms with van der Waals surface area (Å²) in [6.45, 7) is 5.27. The van der Waals surface area contributed by atoms with Gasteiger partial charge in [0, 0.05) is 23.7 Å². The van der Waals surface area contributed by atoms with Crippen molar-refractivity contribution in [2.24, 2.45) is 5.92 Å². The van der Waals surface area contributed by atoms with Crippen LogP contribution in [0.5, 0.6) is 0 Å². The number of benzene rings is 1. The van der Waals surface area contributed by atoms with Crippen molar-refractivity contribution in [1.29, 1.82) is 0 Å². The molecule has 31 heavy (non-hydrogen) atoms. The van der Waals surface area contributed by atoms with E-state index in [2.05, 4.69) is 16.0 Å². The molecule has 0 bridgehead atoms. The van der Waals surface area contributed by atoms with Crippen molar-refractivity contribution >= 4 is 11.8 Å². The maximum absolute atomic E-state index is 13.0. The molecular formula is C22H31F4N3O2. The second-order valence-electron chi connectivity index (χ2n) is 9.16. The normalized spacial score (nSPS) is 19.7. The molecule has 2 rings (SSSR count). The van der Waals surface area contributed by atoms with E-state index in [0.717, 1.165) is 37.8 Å². The van der Waals surface area contributed by atoms with Gasteiger partial charge >= 0.3 is 6.18 Å². The summed E-state index contributed by atoms with van der Waals surface area (Å²) in [7, 11) is 0. The van der Waals surface area contributed by atoms with E-state index >= 15 is 0 Å². The molecule has 1 aromatic rings. The average molecular weight is 446 g/mol. The van der Waals surface area contributed by atoms with Gasteiger partial charge in [0.2, 0.25) is 5.91 Å². The molecule has 1 aromatic carbocycles. The van der Waals surface area contributed by atoms with Gasteiger partial charge in [-0.2, -0.15) is 13.2 Å². The van der Waals surface area contributed by atoms with Crippen LogP contribution in [-0.2, 0) is 17.6 Å². The molecule has 5 nitrogen and oxygen atoms in total. The summed E-state index contributed by atoms with van der Waals surface area (Å²) in [4.78, 5) is 24.2. The Morgan fingerprint density at radius 1 is 1.03 bits per heavy atom. The van der Waals surface area contributed by atoms with Crippen LogP contribution in [0.1, 0.15) is 67.9 Å². The first-order valence-corrected chi connectivity index (χ1v) is 10.5. The van der Waals surface area contributed by atoms with Crippen LogP contribution in [0.3, 0.4) is 0 Å². The molecule has 2 amide bonds. The Balaban J connectivity index is 1.80. The number of hydrogen-bond donors (Lipinski definition) is 3. The third kappa shape index (κ3) is 8.47. The average Bonchev–Trinajstić information content (AvgIpc) is 2.69. The summed E-state index contributed by atoms with van der Waals surface area (Å²) in [5, 5.41) is 8.82. The standard InChI is InChI=1S/C22H31F4N3O2/c1-21(2,3)29-19(30)13-27-18-6-4-14(5-7-18)12-28-20(31)16-8-15(11-23)9-17(10-16)22(24,25)26/h8-10,14,18,27H,4-7,11-13H2,1-3H3,(H,28,31)(H,29,30)/t14-,18+. The van der Waals surface area contributed by atoms with Crippen LogP contribution < -0.4 is 16.0 Å². The third-order valence-corrected chi connectivity index (χ3v) is 5.20. The van der Waals surface area contributed by atoms with E-state index in [1.807, 2.05) is 20.8 Å². The molecule has 0 unspecified atom stereocenters. The van der Waals surface area contributed by atoms with E-state index in [9.17, 15) is 27.2 Å². The van der Waals surface area contributed by atoms with E-state index in [4.69, 9.17) is 0 Å². The zero-order chi connectivity index (χ0) is 23.2. The predicted octanol–water partition coefficient (Wildman–Crippen LogP) is 3.97. The highest BCUT2D eigenvalue weighted by Crippen LogP contribution is 2.31. The number of carbonyl (C=O) groups is 2. The first kappa shape index (κ1) is 25.1. The van der Waals surface area contributed by atoms with E-state index in [-0.39, 0.29) is 41.1 Å².